The summed E-state index contributed by atoms with van der Waals surface area (Å²) < 4.78 is 0. The van der Waals surface area contributed by atoms with Gasteiger partial charge in [0.2, 0.25) is 0 Å². The summed E-state index contributed by atoms with van der Waals surface area (Å²) in [6.07, 6.45) is 24.6. The molecule has 0 radical (unpaired) electrons. The quantitative estimate of drug-likeness (QED) is 0.611. The maximum Gasteiger partial charge on any atom is -0.00883 e. The third-order valence-electron chi connectivity index (χ3n) is 6.18. The molecule has 0 aromatic rings. The smallest absolute Gasteiger partial charge is 0.00883 e. The lowest BCUT2D eigenvalue weighted by molar-refractivity contribution is 0.221. The predicted octanol–water partition coefficient (Wildman–Crippen LogP) is 5.74. The maximum atomic E-state index is 2.39. The molecule has 0 amide bonds. The average molecular weight is 266 g/mol. The van der Waals surface area contributed by atoms with Crippen LogP contribution >= 0.6 is 0 Å². The molecule has 0 aromatic heterocycles. The number of hydrogen-bond acceptors (Lipinski definition) is 0. The van der Waals surface area contributed by atoms with Crippen LogP contribution in [0.1, 0.15) is 57.8 Å². The van der Waals surface area contributed by atoms with Crippen LogP contribution in [0.3, 0.4) is 0 Å². The maximum absolute atomic E-state index is 2.39. The molecule has 3 atom stereocenters. The first-order valence-corrected chi connectivity index (χ1v) is 8.69. The second-order valence-corrected chi connectivity index (χ2v) is 7.18. The Balaban J connectivity index is 1.37. The molecule has 4 aliphatic rings. The standard InChI is InChI=1S/C20H26/c1-3-7-19-15(5-1)9-11-17(19)13-14-18-12-10-16-6-2-4-8-20(16)18/h1,3,7,9,11,16,18,20H,2,4-6,8,10,12-14H2. The third-order valence-corrected chi connectivity index (χ3v) is 6.18. The van der Waals surface area contributed by atoms with Gasteiger partial charge in [0, 0.05) is 0 Å². The zero-order valence-corrected chi connectivity index (χ0v) is 12.5. The highest BCUT2D eigenvalue weighted by Crippen LogP contribution is 2.48. The molecule has 2 saturated carbocycles. The molecule has 0 bridgehead atoms. The molecular weight excluding hydrogens is 240 g/mol. The summed E-state index contributed by atoms with van der Waals surface area (Å²) in [6.45, 7) is 0. The molecule has 0 heterocycles. The van der Waals surface area contributed by atoms with Crippen molar-refractivity contribution < 1.29 is 0 Å². The summed E-state index contributed by atoms with van der Waals surface area (Å²) in [5.41, 5.74) is 4.71. The van der Waals surface area contributed by atoms with Gasteiger partial charge in [-0.05, 0) is 73.0 Å². The average Bonchev–Trinajstić information content (AvgIpc) is 3.09. The highest BCUT2D eigenvalue weighted by Gasteiger charge is 2.36. The van der Waals surface area contributed by atoms with Gasteiger partial charge in [-0.3, -0.25) is 0 Å². The number of fused-ring (bicyclic) bond motifs is 2. The fraction of sp³-hybridized carbons (Fsp3) is 0.600. The first-order valence-electron chi connectivity index (χ1n) is 8.69. The molecule has 0 N–H and O–H groups in total. The Morgan fingerprint density at radius 3 is 2.90 bits per heavy atom. The number of rotatable bonds is 3. The first kappa shape index (κ1) is 12.7. The van der Waals surface area contributed by atoms with Gasteiger partial charge in [0.15, 0.2) is 0 Å². The van der Waals surface area contributed by atoms with Crippen molar-refractivity contribution in [3.05, 3.63) is 47.1 Å². The Bertz CT molecular complexity index is 500. The molecule has 0 aliphatic heterocycles. The van der Waals surface area contributed by atoms with E-state index in [-0.39, 0.29) is 0 Å². The zero-order chi connectivity index (χ0) is 13.4. The van der Waals surface area contributed by atoms with Crippen LogP contribution < -0.4 is 0 Å². The van der Waals surface area contributed by atoms with Gasteiger partial charge in [0.25, 0.3) is 0 Å². The van der Waals surface area contributed by atoms with Crippen LogP contribution in [0.2, 0.25) is 0 Å². The van der Waals surface area contributed by atoms with E-state index in [0.717, 1.165) is 24.2 Å². The normalized spacial score (nSPS) is 35.2. The molecule has 0 nitrogen and oxygen atoms in total. The van der Waals surface area contributed by atoms with Gasteiger partial charge in [-0.25, -0.2) is 0 Å². The fourth-order valence-electron chi connectivity index (χ4n) is 5.11. The summed E-state index contributed by atoms with van der Waals surface area (Å²) in [6, 6.07) is 0. The minimum absolute atomic E-state index is 1.03. The van der Waals surface area contributed by atoms with Gasteiger partial charge in [0.05, 0.1) is 0 Å². The molecule has 3 unspecified atom stereocenters. The lowest BCUT2D eigenvalue weighted by Gasteiger charge is -2.29. The Hall–Kier alpha value is -1.04. The molecule has 106 valence electrons. The van der Waals surface area contributed by atoms with Crippen LogP contribution in [-0.4, -0.2) is 0 Å². The molecule has 20 heavy (non-hydrogen) atoms. The molecule has 0 heteroatoms. The van der Waals surface area contributed by atoms with E-state index in [0.29, 0.717) is 0 Å². The predicted molar refractivity (Wildman–Crippen MR) is 85.4 cm³/mol. The van der Waals surface area contributed by atoms with Crippen LogP contribution in [0.15, 0.2) is 47.1 Å². The Labute approximate surface area is 123 Å². The molecular formula is C20H26. The lowest BCUT2D eigenvalue weighted by atomic mass is 9.76. The van der Waals surface area contributed by atoms with Crippen molar-refractivity contribution in [1.82, 2.24) is 0 Å². The largest absolute Gasteiger partial charge is 0.0801 e. The summed E-state index contributed by atoms with van der Waals surface area (Å²) in [4.78, 5) is 0. The van der Waals surface area contributed by atoms with Gasteiger partial charge in [-0.15, -0.1) is 0 Å². The SMILES string of the molecule is C1=CCC2=CC=C(CCC3CCC4CCCCC43)C2=C1. The molecule has 4 rings (SSSR count). The van der Waals surface area contributed by atoms with Gasteiger partial charge in [-0.1, -0.05) is 49.6 Å². The summed E-state index contributed by atoms with van der Waals surface area (Å²) in [5, 5.41) is 0. The molecule has 0 aromatic carbocycles. The van der Waals surface area contributed by atoms with E-state index in [9.17, 15) is 0 Å². The Morgan fingerprint density at radius 2 is 1.90 bits per heavy atom. The number of allylic oxidation sites excluding steroid dienone is 8. The van der Waals surface area contributed by atoms with Crippen molar-refractivity contribution >= 4 is 0 Å². The minimum Gasteiger partial charge on any atom is -0.0801 e. The van der Waals surface area contributed by atoms with Crippen molar-refractivity contribution in [2.45, 2.75) is 57.8 Å². The van der Waals surface area contributed by atoms with E-state index in [1.54, 1.807) is 16.7 Å². The zero-order valence-electron chi connectivity index (χ0n) is 12.5. The molecule has 2 fully saturated rings. The second kappa shape index (κ2) is 5.39. The van der Waals surface area contributed by atoms with Crippen molar-refractivity contribution in [3.63, 3.8) is 0 Å². The van der Waals surface area contributed by atoms with Crippen LogP contribution in [-0.2, 0) is 0 Å². The summed E-state index contributed by atoms with van der Waals surface area (Å²) >= 11 is 0. The molecule has 4 aliphatic carbocycles. The highest BCUT2D eigenvalue weighted by atomic mass is 14.4. The van der Waals surface area contributed by atoms with Gasteiger partial charge >= 0.3 is 0 Å². The Morgan fingerprint density at radius 1 is 0.950 bits per heavy atom. The second-order valence-electron chi connectivity index (χ2n) is 7.18. The third kappa shape index (κ3) is 2.24. The van der Waals surface area contributed by atoms with E-state index in [4.69, 9.17) is 0 Å². The van der Waals surface area contributed by atoms with Crippen molar-refractivity contribution in [3.8, 4) is 0 Å². The van der Waals surface area contributed by atoms with E-state index >= 15 is 0 Å². The van der Waals surface area contributed by atoms with Crippen LogP contribution in [0.25, 0.3) is 0 Å². The van der Waals surface area contributed by atoms with Gasteiger partial charge in [-0.2, -0.15) is 0 Å². The molecule has 0 spiro atoms. The van der Waals surface area contributed by atoms with Crippen LogP contribution in [0.5, 0.6) is 0 Å². The molecule has 0 saturated heterocycles. The topological polar surface area (TPSA) is 0 Å². The van der Waals surface area contributed by atoms with E-state index in [2.05, 4.69) is 30.4 Å². The van der Waals surface area contributed by atoms with Crippen LogP contribution in [0.4, 0.5) is 0 Å². The van der Waals surface area contributed by atoms with Crippen LogP contribution in [0, 0.1) is 17.8 Å². The van der Waals surface area contributed by atoms with Gasteiger partial charge in [0.1, 0.15) is 0 Å². The van der Waals surface area contributed by atoms with Gasteiger partial charge < -0.3 is 0 Å². The van der Waals surface area contributed by atoms with Crippen molar-refractivity contribution in [2.75, 3.05) is 0 Å². The first-order chi connectivity index (χ1) is 9.92. The fourth-order valence-corrected chi connectivity index (χ4v) is 5.11. The monoisotopic (exact) mass is 266 g/mol. The summed E-state index contributed by atoms with van der Waals surface area (Å²) in [7, 11) is 0. The van der Waals surface area contributed by atoms with E-state index < -0.39 is 0 Å². The van der Waals surface area contributed by atoms with E-state index in [1.807, 2.05) is 0 Å². The lowest BCUT2D eigenvalue weighted by Crippen LogP contribution is -2.19. The minimum atomic E-state index is 1.03. The van der Waals surface area contributed by atoms with E-state index in [1.165, 1.54) is 51.4 Å². The number of hydrogen-bond donors (Lipinski definition) is 0. The highest BCUT2D eigenvalue weighted by molar-refractivity contribution is 5.58. The van der Waals surface area contributed by atoms with Crippen molar-refractivity contribution in [1.29, 1.82) is 0 Å². The summed E-state index contributed by atoms with van der Waals surface area (Å²) in [5.74, 6) is 3.21. The van der Waals surface area contributed by atoms with Crippen molar-refractivity contribution in [2.24, 2.45) is 17.8 Å². The Kier molecular flexibility index (Phi) is 3.42.